The highest BCUT2D eigenvalue weighted by Crippen LogP contribution is 2.21. The topological polar surface area (TPSA) is 76.7 Å². The van der Waals surface area contributed by atoms with Gasteiger partial charge in [-0.3, -0.25) is 9.59 Å². The first-order valence-corrected chi connectivity index (χ1v) is 9.31. The zero-order chi connectivity index (χ0) is 19.9. The van der Waals surface area contributed by atoms with E-state index in [4.69, 9.17) is 21.1 Å². The van der Waals surface area contributed by atoms with Crippen LogP contribution in [0.15, 0.2) is 42.5 Å². The van der Waals surface area contributed by atoms with E-state index in [1.165, 1.54) is 18.2 Å². The minimum atomic E-state index is -0.556. The molecule has 1 heterocycles. The average Bonchev–Trinajstić information content (AvgIpc) is 2.88. The van der Waals surface area contributed by atoms with Crippen LogP contribution in [0.25, 0.3) is 0 Å². The third-order valence-corrected chi connectivity index (χ3v) is 4.45. The van der Waals surface area contributed by atoms with Crippen LogP contribution in [0.2, 0.25) is 5.02 Å². The van der Waals surface area contributed by atoms with Crippen molar-refractivity contribution in [3.63, 3.8) is 0 Å². The normalized spacial score (nSPS) is 16.6. The number of carbonyl (C=O) groups is 2. The lowest BCUT2D eigenvalue weighted by atomic mass is 10.2. The molecule has 148 valence electrons. The van der Waals surface area contributed by atoms with Crippen LogP contribution in [0.1, 0.15) is 19.3 Å². The fourth-order valence-corrected chi connectivity index (χ4v) is 2.90. The Labute approximate surface area is 167 Å². The van der Waals surface area contributed by atoms with Crippen LogP contribution in [0.5, 0.6) is 11.5 Å². The number of amides is 2. The Hall–Kier alpha value is -2.80. The first kappa shape index (κ1) is 19.9. The third kappa shape index (κ3) is 5.60. The Morgan fingerprint density at radius 3 is 2.68 bits per heavy atom. The van der Waals surface area contributed by atoms with E-state index in [1.807, 2.05) is 0 Å². The Morgan fingerprint density at radius 1 is 1.18 bits per heavy atom. The molecule has 2 aromatic carbocycles. The van der Waals surface area contributed by atoms with E-state index in [2.05, 4.69) is 10.6 Å². The minimum Gasteiger partial charge on any atom is -0.484 e. The van der Waals surface area contributed by atoms with Crippen molar-refractivity contribution < 1.29 is 23.5 Å². The molecule has 2 aromatic rings. The second kappa shape index (κ2) is 9.41. The molecule has 2 N–H and O–H groups in total. The molecule has 1 aliphatic heterocycles. The molecule has 28 heavy (non-hydrogen) atoms. The number of ether oxygens (including phenoxy) is 2. The number of carbonyl (C=O) groups excluding carboxylic acids is 2. The Kier molecular flexibility index (Phi) is 6.71. The number of benzene rings is 2. The SMILES string of the molecule is O=C(COc1ccc(OC2CCCCNC2=O)cc1)Nc1ccc(F)c(Cl)c1. The lowest BCUT2D eigenvalue weighted by molar-refractivity contribution is -0.127. The summed E-state index contributed by atoms with van der Waals surface area (Å²) < 4.78 is 24.3. The van der Waals surface area contributed by atoms with Gasteiger partial charge < -0.3 is 20.1 Å². The van der Waals surface area contributed by atoms with E-state index in [-0.39, 0.29) is 17.5 Å². The van der Waals surface area contributed by atoms with Crippen molar-refractivity contribution in [3.05, 3.63) is 53.3 Å². The maximum Gasteiger partial charge on any atom is 0.262 e. The Bertz CT molecular complexity index is 845. The van der Waals surface area contributed by atoms with E-state index in [0.717, 1.165) is 12.8 Å². The summed E-state index contributed by atoms with van der Waals surface area (Å²) in [6.07, 6.45) is 2.06. The number of anilines is 1. The lowest BCUT2D eigenvalue weighted by Gasteiger charge is -2.16. The molecule has 1 atom stereocenters. The summed E-state index contributed by atoms with van der Waals surface area (Å²) in [4.78, 5) is 23.9. The number of halogens is 2. The van der Waals surface area contributed by atoms with Crippen LogP contribution in [0.3, 0.4) is 0 Å². The van der Waals surface area contributed by atoms with Crippen molar-refractivity contribution in [2.24, 2.45) is 0 Å². The molecular weight excluding hydrogens is 387 g/mol. The summed E-state index contributed by atoms with van der Waals surface area (Å²) in [5.74, 6) is -0.0298. The summed E-state index contributed by atoms with van der Waals surface area (Å²) in [6, 6.07) is 10.6. The largest absolute Gasteiger partial charge is 0.484 e. The molecule has 8 heteroatoms. The zero-order valence-electron chi connectivity index (χ0n) is 15.0. The molecule has 0 aromatic heterocycles. The molecule has 0 bridgehead atoms. The first-order valence-electron chi connectivity index (χ1n) is 8.93. The van der Waals surface area contributed by atoms with Crippen LogP contribution in [-0.2, 0) is 9.59 Å². The molecule has 1 fully saturated rings. The van der Waals surface area contributed by atoms with Crippen LogP contribution >= 0.6 is 11.6 Å². The summed E-state index contributed by atoms with van der Waals surface area (Å²) in [5.41, 5.74) is 0.380. The van der Waals surface area contributed by atoms with Gasteiger partial charge in [-0.15, -0.1) is 0 Å². The second-order valence-electron chi connectivity index (χ2n) is 6.33. The smallest absolute Gasteiger partial charge is 0.262 e. The van der Waals surface area contributed by atoms with Gasteiger partial charge >= 0.3 is 0 Å². The predicted molar refractivity (Wildman–Crippen MR) is 103 cm³/mol. The van der Waals surface area contributed by atoms with Gasteiger partial charge in [0.2, 0.25) is 0 Å². The molecule has 1 unspecified atom stereocenters. The molecular formula is C20H20ClFN2O4. The van der Waals surface area contributed by atoms with Crippen molar-refractivity contribution in [1.29, 1.82) is 0 Å². The van der Waals surface area contributed by atoms with Gasteiger partial charge in [0.25, 0.3) is 11.8 Å². The fourth-order valence-electron chi connectivity index (χ4n) is 2.72. The fraction of sp³-hybridized carbons (Fsp3) is 0.300. The highest BCUT2D eigenvalue weighted by atomic mass is 35.5. The number of nitrogens with one attached hydrogen (secondary N) is 2. The maximum atomic E-state index is 13.1. The maximum absolute atomic E-state index is 13.1. The standard InChI is InChI=1S/C20H20ClFN2O4/c21-16-11-13(4-9-17(16)22)24-19(25)12-27-14-5-7-15(8-6-14)28-18-3-1-2-10-23-20(18)26/h4-9,11,18H,1-3,10,12H2,(H,23,26)(H,24,25). The molecule has 1 saturated heterocycles. The number of hydrogen-bond acceptors (Lipinski definition) is 4. The third-order valence-electron chi connectivity index (χ3n) is 4.16. The first-order chi connectivity index (χ1) is 13.5. The summed E-state index contributed by atoms with van der Waals surface area (Å²) in [5, 5.41) is 5.32. The van der Waals surface area contributed by atoms with Crippen molar-refractivity contribution in [1.82, 2.24) is 5.32 Å². The molecule has 0 saturated carbocycles. The van der Waals surface area contributed by atoms with E-state index in [0.29, 0.717) is 30.2 Å². The number of hydrogen-bond donors (Lipinski definition) is 2. The van der Waals surface area contributed by atoms with E-state index in [9.17, 15) is 14.0 Å². The quantitative estimate of drug-likeness (QED) is 0.769. The minimum absolute atomic E-state index is 0.0725. The zero-order valence-corrected chi connectivity index (χ0v) is 15.8. The molecule has 0 spiro atoms. The van der Waals surface area contributed by atoms with Crippen LogP contribution < -0.4 is 20.1 Å². The molecule has 0 aliphatic carbocycles. The highest BCUT2D eigenvalue weighted by molar-refractivity contribution is 6.31. The van der Waals surface area contributed by atoms with Crippen LogP contribution in [0.4, 0.5) is 10.1 Å². The van der Waals surface area contributed by atoms with Crippen molar-refractivity contribution in [2.75, 3.05) is 18.5 Å². The van der Waals surface area contributed by atoms with Crippen LogP contribution in [-0.4, -0.2) is 31.1 Å². The molecule has 3 rings (SSSR count). The van der Waals surface area contributed by atoms with Crippen molar-refractivity contribution in [2.45, 2.75) is 25.4 Å². The van der Waals surface area contributed by atoms with Gasteiger partial charge in [-0.2, -0.15) is 0 Å². The summed E-state index contributed by atoms with van der Waals surface area (Å²) in [7, 11) is 0. The Morgan fingerprint density at radius 2 is 1.93 bits per heavy atom. The van der Waals surface area contributed by atoms with Gasteiger partial charge in [0, 0.05) is 12.2 Å². The van der Waals surface area contributed by atoms with Gasteiger partial charge in [-0.25, -0.2) is 4.39 Å². The van der Waals surface area contributed by atoms with Gasteiger partial charge in [0.1, 0.15) is 17.3 Å². The Balaban J connectivity index is 1.49. The molecule has 0 radical (unpaired) electrons. The van der Waals surface area contributed by atoms with E-state index < -0.39 is 17.8 Å². The van der Waals surface area contributed by atoms with Crippen LogP contribution in [0, 0.1) is 5.82 Å². The van der Waals surface area contributed by atoms with E-state index >= 15 is 0 Å². The molecule has 1 aliphatic rings. The molecule has 2 amide bonds. The van der Waals surface area contributed by atoms with E-state index in [1.54, 1.807) is 24.3 Å². The van der Waals surface area contributed by atoms with Gasteiger partial charge in [0.15, 0.2) is 12.7 Å². The van der Waals surface area contributed by atoms with Gasteiger partial charge in [0.05, 0.1) is 5.02 Å². The lowest BCUT2D eigenvalue weighted by Crippen LogP contribution is -2.36. The van der Waals surface area contributed by atoms with Gasteiger partial charge in [-0.05, 0) is 61.7 Å². The summed E-state index contributed by atoms with van der Waals surface area (Å²) in [6.45, 7) is 0.456. The van der Waals surface area contributed by atoms with Crippen molar-refractivity contribution >= 4 is 29.1 Å². The number of rotatable bonds is 6. The highest BCUT2D eigenvalue weighted by Gasteiger charge is 2.22. The van der Waals surface area contributed by atoms with Gasteiger partial charge in [-0.1, -0.05) is 11.6 Å². The second-order valence-corrected chi connectivity index (χ2v) is 6.74. The summed E-state index contributed by atoms with van der Waals surface area (Å²) >= 11 is 5.68. The van der Waals surface area contributed by atoms with Crippen molar-refractivity contribution in [3.8, 4) is 11.5 Å². The monoisotopic (exact) mass is 406 g/mol. The predicted octanol–water partition coefficient (Wildman–Crippen LogP) is 3.54. The average molecular weight is 407 g/mol. The molecule has 6 nitrogen and oxygen atoms in total.